The summed E-state index contributed by atoms with van der Waals surface area (Å²) < 4.78 is 5.41. The molecule has 0 aliphatic carbocycles. The Morgan fingerprint density at radius 3 is 2.18 bits per heavy atom. The Morgan fingerprint density at radius 1 is 1.06 bits per heavy atom. The summed E-state index contributed by atoms with van der Waals surface area (Å²) in [4.78, 5) is 4.82. The van der Waals surface area contributed by atoms with Crippen LogP contribution in [0.1, 0.15) is 31.4 Å². The Balaban J connectivity index is 2.45. The smallest absolute Gasteiger partial charge is 0.0625 e. The van der Waals surface area contributed by atoms with E-state index in [0.29, 0.717) is 0 Å². The molecule has 1 rings (SSSR count). The lowest BCUT2D eigenvalue weighted by Gasteiger charge is -2.22. The van der Waals surface area contributed by atoms with Crippen molar-refractivity contribution in [2.75, 3.05) is 14.2 Å². The van der Waals surface area contributed by atoms with Crippen molar-refractivity contribution in [3.05, 3.63) is 35.4 Å². The van der Waals surface area contributed by atoms with Crippen molar-refractivity contribution in [2.45, 2.75) is 38.8 Å². The van der Waals surface area contributed by atoms with Gasteiger partial charge >= 0.3 is 0 Å². The van der Waals surface area contributed by atoms with Crippen LogP contribution < -0.4 is 5.48 Å². The molecule has 0 saturated heterocycles. The lowest BCUT2D eigenvalue weighted by molar-refractivity contribution is 0.0158. The normalized spacial score (nSPS) is 11.8. The van der Waals surface area contributed by atoms with E-state index >= 15 is 0 Å². The molecule has 0 bridgehead atoms. The van der Waals surface area contributed by atoms with Crippen molar-refractivity contribution in [1.82, 2.24) is 5.48 Å². The molecule has 17 heavy (non-hydrogen) atoms. The number of hydroxylamine groups is 1. The first-order chi connectivity index (χ1) is 8.07. The molecular weight excluding hydrogens is 214 g/mol. The second-order valence-corrected chi connectivity index (χ2v) is 4.81. The van der Waals surface area contributed by atoms with Gasteiger partial charge in [-0.15, -0.1) is 0 Å². The summed E-state index contributed by atoms with van der Waals surface area (Å²) in [6.07, 6.45) is 2.07. The molecule has 0 aromatic heterocycles. The van der Waals surface area contributed by atoms with E-state index in [2.05, 4.69) is 43.6 Å². The van der Waals surface area contributed by atoms with Gasteiger partial charge in [0.25, 0.3) is 0 Å². The van der Waals surface area contributed by atoms with Crippen LogP contribution in [0.4, 0.5) is 0 Å². The van der Waals surface area contributed by atoms with Crippen LogP contribution in [0, 0.1) is 0 Å². The molecule has 1 aromatic rings. The topological polar surface area (TPSA) is 30.5 Å². The Labute approximate surface area is 104 Å². The van der Waals surface area contributed by atoms with Crippen LogP contribution in [0.15, 0.2) is 24.3 Å². The van der Waals surface area contributed by atoms with Crippen LogP contribution >= 0.6 is 0 Å². The van der Waals surface area contributed by atoms with Gasteiger partial charge in [-0.25, -0.2) is 0 Å². The molecule has 0 amide bonds. The van der Waals surface area contributed by atoms with Gasteiger partial charge in [-0.1, -0.05) is 24.3 Å². The summed E-state index contributed by atoms with van der Waals surface area (Å²) in [6, 6.07) is 8.58. The first-order valence-electron chi connectivity index (χ1n) is 5.96. The molecule has 0 unspecified atom stereocenters. The zero-order valence-electron chi connectivity index (χ0n) is 11.2. The van der Waals surface area contributed by atoms with Gasteiger partial charge in [0, 0.05) is 13.7 Å². The van der Waals surface area contributed by atoms with E-state index in [1.807, 2.05) is 0 Å². The van der Waals surface area contributed by atoms with Gasteiger partial charge in [-0.3, -0.25) is 0 Å². The van der Waals surface area contributed by atoms with Crippen LogP contribution in [-0.2, 0) is 22.5 Å². The van der Waals surface area contributed by atoms with Crippen molar-refractivity contribution < 1.29 is 9.57 Å². The van der Waals surface area contributed by atoms with Gasteiger partial charge in [0.2, 0.25) is 0 Å². The summed E-state index contributed by atoms with van der Waals surface area (Å²) in [5.41, 5.74) is 5.35. The molecule has 0 radical (unpaired) electrons. The van der Waals surface area contributed by atoms with Crippen molar-refractivity contribution >= 4 is 0 Å². The molecule has 0 atom stereocenters. The monoisotopic (exact) mass is 237 g/mol. The minimum Gasteiger partial charge on any atom is -0.379 e. The van der Waals surface area contributed by atoms with Crippen LogP contribution in [0.2, 0.25) is 0 Å². The highest BCUT2D eigenvalue weighted by atomic mass is 16.6. The van der Waals surface area contributed by atoms with Crippen molar-refractivity contribution in [1.29, 1.82) is 0 Å². The zero-order chi connectivity index (χ0) is 12.7. The first kappa shape index (κ1) is 14.2. The third-order valence-electron chi connectivity index (χ3n) is 3.01. The fraction of sp³-hybridized carbons (Fsp3) is 0.571. The molecule has 0 aliphatic rings. The number of hydrogen-bond donors (Lipinski definition) is 1. The van der Waals surface area contributed by atoms with E-state index in [-0.39, 0.29) is 5.60 Å². The molecule has 0 saturated carbocycles. The molecule has 0 spiro atoms. The fourth-order valence-corrected chi connectivity index (χ4v) is 1.53. The third kappa shape index (κ3) is 5.31. The highest BCUT2D eigenvalue weighted by Gasteiger charge is 2.15. The second-order valence-electron chi connectivity index (χ2n) is 4.81. The molecule has 0 fully saturated rings. The van der Waals surface area contributed by atoms with E-state index in [9.17, 15) is 0 Å². The van der Waals surface area contributed by atoms with Crippen LogP contribution in [-0.4, -0.2) is 19.8 Å². The molecular formula is C14H23NO2. The van der Waals surface area contributed by atoms with Gasteiger partial charge in [-0.05, 0) is 37.8 Å². The summed E-state index contributed by atoms with van der Waals surface area (Å²) in [6.45, 7) is 4.97. The van der Waals surface area contributed by atoms with Crippen molar-refractivity contribution in [3.63, 3.8) is 0 Å². The number of benzene rings is 1. The van der Waals surface area contributed by atoms with E-state index in [0.717, 1.165) is 19.4 Å². The predicted octanol–water partition coefficient (Wildman–Crippen LogP) is 2.70. The summed E-state index contributed by atoms with van der Waals surface area (Å²) in [7, 11) is 3.39. The fourth-order valence-electron chi connectivity index (χ4n) is 1.53. The standard InChI is InChI=1S/C14H23NO2/c1-14(2,16-3)10-9-12-5-7-13(8-6-12)11-15-17-4/h5-8,15H,9-11H2,1-4H3. The molecule has 1 N–H and O–H groups in total. The Hall–Kier alpha value is -0.900. The van der Waals surface area contributed by atoms with Gasteiger partial charge in [0.05, 0.1) is 12.7 Å². The second kappa shape index (κ2) is 6.74. The number of aryl methyl sites for hydroxylation is 1. The molecule has 3 heteroatoms. The van der Waals surface area contributed by atoms with Crippen molar-refractivity contribution in [2.24, 2.45) is 0 Å². The maximum atomic E-state index is 5.41. The average molecular weight is 237 g/mol. The van der Waals surface area contributed by atoms with Gasteiger partial charge in [0.15, 0.2) is 0 Å². The molecule has 0 heterocycles. The van der Waals surface area contributed by atoms with Crippen LogP contribution in [0.25, 0.3) is 0 Å². The Morgan fingerprint density at radius 2 is 1.65 bits per heavy atom. The summed E-state index contributed by atoms with van der Waals surface area (Å²) in [5.74, 6) is 0. The molecule has 0 aliphatic heterocycles. The van der Waals surface area contributed by atoms with E-state index < -0.39 is 0 Å². The number of hydrogen-bond acceptors (Lipinski definition) is 3. The first-order valence-corrected chi connectivity index (χ1v) is 5.96. The van der Waals surface area contributed by atoms with Gasteiger partial charge in [-0.2, -0.15) is 5.48 Å². The Bertz CT molecular complexity index is 319. The quantitative estimate of drug-likeness (QED) is 0.740. The van der Waals surface area contributed by atoms with E-state index in [1.165, 1.54) is 11.1 Å². The van der Waals surface area contributed by atoms with Crippen LogP contribution in [0.3, 0.4) is 0 Å². The largest absolute Gasteiger partial charge is 0.379 e. The number of rotatable bonds is 7. The summed E-state index contributed by atoms with van der Waals surface area (Å²) in [5, 5.41) is 0. The zero-order valence-corrected chi connectivity index (χ0v) is 11.2. The highest BCUT2D eigenvalue weighted by molar-refractivity contribution is 5.22. The van der Waals surface area contributed by atoms with Gasteiger partial charge < -0.3 is 9.57 Å². The predicted molar refractivity (Wildman–Crippen MR) is 69.7 cm³/mol. The average Bonchev–Trinajstić information content (AvgIpc) is 2.35. The van der Waals surface area contributed by atoms with Gasteiger partial charge in [0.1, 0.15) is 0 Å². The maximum Gasteiger partial charge on any atom is 0.0625 e. The van der Waals surface area contributed by atoms with Crippen LogP contribution in [0.5, 0.6) is 0 Å². The maximum absolute atomic E-state index is 5.41. The SMILES string of the molecule is CONCc1ccc(CCC(C)(C)OC)cc1. The number of ether oxygens (including phenoxy) is 1. The third-order valence-corrected chi connectivity index (χ3v) is 3.01. The number of methoxy groups -OCH3 is 1. The molecule has 3 nitrogen and oxygen atoms in total. The van der Waals surface area contributed by atoms with E-state index in [1.54, 1.807) is 14.2 Å². The Kier molecular flexibility index (Phi) is 5.62. The summed E-state index contributed by atoms with van der Waals surface area (Å²) >= 11 is 0. The molecule has 96 valence electrons. The lowest BCUT2D eigenvalue weighted by Crippen LogP contribution is -2.22. The lowest BCUT2D eigenvalue weighted by atomic mass is 9.98. The minimum atomic E-state index is -0.0454. The minimum absolute atomic E-state index is 0.0454. The number of nitrogens with one attached hydrogen (secondary N) is 1. The van der Waals surface area contributed by atoms with Crippen molar-refractivity contribution in [3.8, 4) is 0 Å². The molecule has 1 aromatic carbocycles. The highest BCUT2D eigenvalue weighted by Crippen LogP contribution is 2.17. The van der Waals surface area contributed by atoms with E-state index in [4.69, 9.17) is 9.57 Å².